The fraction of sp³-hybridized carbons (Fsp3) is 0. The van der Waals surface area contributed by atoms with Gasteiger partial charge in [0.2, 0.25) is 0 Å². The van der Waals surface area contributed by atoms with Crippen molar-refractivity contribution in [2.24, 2.45) is 5.14 Å². The Morgan fingerprint density at radius 1 is 1.20 bits per heavy atom. The molecular weight excluding hydrogens is 142 g/mol. The third-order valence-corrected chi connectivity index (χ3v) is 1.43. The second kappa shape index (κ2) is 4.14. The van der Waals surface area contributed by atoms with E-state index in [1.165, 1.54) is 17.5 Å². The maximum atomic E-state index is 5.21. The van der Waals surface area contributed by atoms with Crippen molar-refractivity contribution in [2.45, 2.75) is 0 Å². The minimum atomic E-state index is 1.18. The van der Waals surface area contributed by atoms with Crippen LogP contribution < -0.4 is 5.14 Å². The van der Waals surface area contributed by atoms with Crippen LogP contribution >= 0.6 is 11.9 Å². The molecule has 0 saturated carbocycles. The molecular formula is C8H9NS. The predicted molar refractivity (Wildman–Crippen MR) is 47.3 cm³/mol. The van der Waals surface area contributed by atoms with Gasteiger partial charge in [0.05, 0.1) is 0 Å². The minimum absolute atomic E-state index is 1.18. The molecule has 0 aromatic heterocycles. The molecule has 0 unspecified atom stereocenters. The van der Waals surface area contributed by atoms with Crippen molar-refractivity contribution in [2.75, 3.05) is 0 Å². The summed E-state index contributed by atoms with van der Waals surface area (Å²) in [5.41, 5.74) is 1.18. The van der Waals surface area contributed by atoms with Crippen molar-refractivity contribution in [3.05, 3.63) is 41.3 Å². The van der Waals surface area contributed by atoms with Gasteiger partial charge < -0.3 is 0 Å². The Bertz CT molecular complexity index is 206. The quantitative estimate of drug-likeness (QED) is 0.656. The van der Waals surface area contributed by atoms with E-state index >= 15 is 0 Å². The van der Waals surface area contributed by atoms with Crippen LogP contribution in [-0.2, 0) is 0 Å². The summed E-state index contributed by atoms with van der Waals surface area (Å²) >= 11 is 1.22. The first-order chi connectivity index (χ1) is 4.93. The molecule has 0 aliphatic rings. The molecule has 2 N–H and O–H groups in total. The molecule has 0 aliphatic heterocycles. The second-order valence-electron chi connectivity index (χ2n) is 1.85. The van der Waals surface area contributed by atoms with Gasteiger partial charge in [-0.3, -0.25) is 5.14 Å². The first-order valence-corrected chi connectivity index (χ1v) is 3.95. The Balaban J connectivity index is 2.67. The molecule has 1 aromatic carbocycles. The summed E-state index contributed by atoms with van der Waals surface area (Å²) in [4.78, 5) is 0. The van der Waals surface area contributed by atoms with E-state index in [2.05, 4.69) is 0 Å². The molecule has 10 heavy (non-hydrogen) atoms. The van der Waals surface area contributed by atoms with E-state index in [4.69, 9.17) is 5.14 Å². The summed E-state index contributed by atoms with van der Waals surface area (Å²) in [6.45, 7) is 0. The van der Waals surface area contributed by atoms with Gasteiger partial charge in [-0.15, -0.1) is 0 Å². The van der Waals surface area contributed by atoms with Crippen LogP contribution in [0.3, 0.4) is 0 Å². The summed E-state index contributed by atoms with van der Waals surface area (Å²) < 4.78 is 0. The smallest absolute Gasteiger partial charge is 0.0132 e. The lowest BCUT2D eigenvalue weighted by Crippen LogP contribution is -1.70. The van der Waals surface area contributed by atoms with Gasteiger partial charge in [0.1, 0.15) is 0 Å². The van der Waals surface area contributed by atoms with Crippen LogP contribution in [-0.4, -0.2) is 0 Å². The Hall–Kier alpha value is -0.730. The zero-order valence-electron chi connectivity index (χ0n) is 5.53. The normalized spacial score (nSPS) is 10.5. The molecule has 0 spiro atoms. The van der Waals surface area contributed by atoms with Crippen molar-refractivity contribution >= 4 is 18.0 Å². The molecule has 0 radical (unpaired) electrons. The van der Waals surface area contributed by atoms with E-state index in [0.717, 1.165) is 0 Å². The van der Waals surface area contributed by atoms with Crippen LogP contribution in [0, 0.1) is 0 Å². The average molecular weight is 151 g/mol. The van der Waals surface area contributed by atoms with Crippen LogP contribution in [0.1, 0.15) is 5.56 Å². The number of nitrogens with two attached hydrogens (primary N) is 1. The third-order valence-electron chi connectivity index (χ3n) is 1.14. The Kier molecular flexibility index (Phi) is 3.06. The van der Waals surface area contributed by atoms with Gasteiger partial charge in [-0.05, 0) is 17.0 Å². The van der Waals surface area contributed by atoms with Crippen molar-refractivity contribution in [1.29, 1.82) is 0 Å². The molecule has 1 rings (SSSR count). The third kappa shape index (κ3) is 2.25. The van der Waals surface area contributed by atoms with Crippen LogP contribution in [0.4, 0.5) is 0 Å². The van der Waals surface area contributed by atoms with E-state index in [1.54, 1.807) is 0 Å². The van der Waals surface area contributed by atoms with Crippen LogP contribution in [0.15, 0.2) is 35.7 Å². The molecule has 0 bridgehead atoms. The Morgan fingerprint density at radius 3 is 2.50 bits per heavy atom. The first-order valence-electron chi connectivity index (χ1n) is 3.00. The van der Waals surface area contributed by atoms with Crippen LogP contribution in [0.2, 0.25) is 0 Å². The van der Waals surface area contributed by atoms with Crippen LogP contribution in [0.5, 0.6) is 0 Å². The largest absolute Gasteiger partial charge is 0.274 e. The topological polar surface area (TPSA) is 26.0 Å². The highest BCUT2D eigenvalue weighted by atomic mass is 32.2. The number of rotatable bonds is 2. The van der Waals surface area contributed by atoms with Crippen molar-refractivity contribution in [1.82, 2.24) is 0 Å². The van der Waals surface area contributed by atoms with Crippen molar-refractivity contribution in [3.8, 4) is 0 Å². The summed E-state index contributed by atoms with van der Waals surface area (Å²) in [7, 11) is 0. The van der Waals surface area contributed by atoms with Gasteiger partial charge in [0.15, 0.2) is 0 Å². The molecule has 0 atom stereocenters. The Morgan fingerprint density at radius 2 is 1.90 bits per heavy atom. The monoisotopic (exact) mass is 151 g/mol. The van der Waals surface area contributed by atoms with Gasteiger partial charge in [-0.2, -0.15) is 0 Å². The first kappa shape index (κ1) is 7.38. The summed E-state index contributed by atoms with van der Waals surface area (Å²) in [5, 5.41) is 7.06. The summed E-state index contributed by atoms with van der Waals surface area (Å²) in [6, 6.07) is 10.1. The lowest BCUT2D eigenvalue weighted by Gasteiger charge is -1.88. The van der Waals surface area contributed by atoms with Gasteiger partial charge in [0, 0.05) is 0 Å². The number of hydrogen-bond acceptors (Lipinski definition) is 2. The predicted octanol–water partition coefficient (Wildman–Crippen LogP) is 2.26. The number of hydrogen-bond donors (Lipinski definition) is 1. The molecule has 1 nitrogen and oxygen atoms in total. The molecule has 0 aliphatic carbocycles. The molecule has 2 heteroatoms. The van der Waals surface area contributed by atoms with E-state index in [-0.39, 0.29) is 0 Å². The standard InChI is InChI=1S/C8H9NS/c9-10-7-6-8-4-2-1-3-5-8/h1-7H,9H2/b7-6+. The van der Waals surface area contributed by atoms with Gasteiger partial charge in [-0.1, -0.05) is 42.3 Å². The average Bonchev–Trinajstić information content (AvgIpc) is 2.03. The zero-order chi connectivity index (χ0) is 7.23. The fourth-order valence-corrected chi connectivity index (χ4v) is 0.918. The SMILES string of the molecule is NS/C=C/c1ccccc1. The molecule has 0 amide bonds. The molecule has 0 fully saturated rings. The highest BCUT2D eigenvalue weighted by Gasteiger charge is 1.79. The molecule has 1 aromatic rings. The maximum absolute atomic E-state index is 5.21. The summed E-state index contributed by atoms with van der Waals surface area (Å²) in [5.74, 6) is 0. The van der Waals surface area contributed by atoms with Crippen LogP contribution in [0.25, 0.3) is 6.08 Å². The van der Waals surface area contributed by atoms with E-state index in [0.29, 0.717) is 0 Å². The second-order valence-corrected chi connectivity index (χ2v) is 2.39. The Labute approximate surface area is 65.1 Å². The minimum Gasteiger partial charge on any atom is -0.274 e. The maximum Gasteiger partial charge on any atom is -0.0132 e. The zero-order valence-corrected chi connectivity index (χ0v) is 6.34. The van der Waals surface area contributed by atoms with E-state index < -0.39 is 0 Å². The van der Waals surface area contributed by atoms with Gasteiger partial charge >= 0.3 is 0 Å². The highest BCUT2D eigenvalue weighted by molar-refractivity contribution is 8.00. The fourth-order valence-electron chi connectivity index (χ4n) is 0.682. The molecule has 52 valence electrons. The highest BCUT2D eigenvalue weighted by Crippen LogP contribution is 2.02. The lowest BCUT2D eigenvalue weighted by atomic mass is 10.2. The van der Waals surface area contributed by atoms with Gasteiger partial charge in [-0.25, -0.2) is 0 Å². The molecule has 0 saturated heterocycles. The summed E-state index contributed by atoms with van der Waals surface area (Å²) in [6.07, 6.45) is 1.98. The van der Waals surface area contributed by atoms with Gasteiger partial charge in [0.25, 0.3) is 0 Å². The van der Waals surface area contributed by atoms with Crippen molar-refractivity contribution < 1.29 is 0 Å². The number of benzene rings is 1. The van der Waals surface area contributed by atoms with Crippen molar-refractivity contribution in [3.63, 3.8) is 0 Å². The van der Waals surface area contributed by atoms with E-state index in [1.807, 2.05) is 41.8 Å². The van der Waals surface area contributed by atoms with E-state index in [9.17, 15) is 0 Å². The molecule has 0 heterocycles. The lowest BCUT2D eigenvalue weighted by molar-refractivity contribution is 1.67.